The molecule has 0 spiro atoms. The van der Waals surface area contributed by atoms with Crippen molar-refractivity contribution in [3.63, 3.8) is 0 Å². The van der Waals surface area contributed by atoms with E-state index in [4.69, 9.17) is 4.74 Å². The summed E-state index contributed by atoms with van der Waals surface area (Å²) in [4.78, 5) is 25.6. The van der Waals surface area contributed by atoms with Gasteiger partial charge in [-0.15, -0.1) is 0 Å². The third-order valence-corrected chi connectivity index (χ3v) is 10.0. The van der Waals surface area contributed by atoms with Gasteiger partial charge in [0.25, 0.3) is 0 Å². The van der Waals surface area contributed by atoms with Crippen LogP contribution in [0.15, 0.2) is 103 Å². The van der Waals surface area contributed by atoms with Gasteiger partial charge in [0.05, 0.1) is 11.9 Å². The van der Waals surface area contributed by atoms with Gasteiger partial charge in [0.1, 0.15) is 0 Å². The highest BCUT2D eigenvalue weighted by Crippen LogP contribution is 2.48. The fourth-order valence-corrected chi connectivity index (χ4v) is 8.16. The molecule has 0 fully saturated rings. The van der Waals surface area contributed by atoms with Crippen LogP contribution in [0.4, 0.5) is 30.7 Å². The number of carbonyl (C=O) groups is 2. The zero-order valence-electron chi connectivity index (χ0n) is 20.3. The zero-order chi connectivity index (χ0) is 28.9. The number of hydrogen-bond donors (Lipinski definition) is 0. The summed E-state index contributed by atoms with van der Waals surface area (Å²) in [5.74, 6) is -16.7. The monoisotopic (exact) mass is 570 g/mol. The van der Waals surface area contributed by atoms with Crippen LogP contribution in [0.25, 0.3) is 0 Å². The van der Waals surface area contributed by atoms with Crippen molar-refractivity contribution in [2.75, 3.05) is 6.61 Å². The van der Waals surface area contributed by atoms with Crippen LogP contribution in [-0.2, 0) is 14.3 Å². The molecule has 11 heteroatoms. The standard InChI is InChI=1S/C28H22F7O3P/c1-2-38-25(37)23(18-19-24(36)26(29,30)27(31,32)28(33,34)35)39(20-12-6-3-7-13-20,21-14-8-4-9-15-21)22-16-10-5-11-17-22/h3-19H,2H2,1H3/b19-18+. The number of rotatable bonds is 9. The van der Waals surface area contributed by atoms with Gasteiger partial charge >= 0.3 is 24.0 Å². The lowest BCUT2D eigenvalue weighted by Gasteiger charge is -2.31. The summed E-state index contributed by atoms with van der Waals surface area (Å²) in [6.07, 6.45) is -6.24. The molecule has 3 aromatic rings. The van der Waals surface area contributed by atoms with Crippen molar-refractivity contribution >= 4 is 39.8 Å². The van der Waals surface area contributed by atoms with Gasteiger partial charge in [-0.25, -0.2) is 4.79 Å². The van der Waals surface area contributed by atoms with Gasteiger partial charge in [0, 0.05) is 0 Å². The van der Waals surface area contributed by atoms with E-state index < -0.39 is 36.7 Å². The maximum absolute atomic E-state index is 14.2. The first-order valence-electron chi connectivity index (χ1n) is 11.5. The van der Waals surface area contributed by atoms with E-state index in [0.29, 0.717) is 22.0 Å². The quantitative estimate of drug-likeness (QED) is 0.144. The van der Waals surface area contributed by atoms with E-state index in [0.717, 1.165) is 0 Å². The molecule has 3 aromatic carbocycles. The third kappa shape index (κ3) is 5.57. The summed E-state index contributed by atoms with van der Waals surface area (Å²) in [6, 6.07) is 25.0. The Bertz CT molecular complexity index is 1280. The summed E-state index contributed by atoms with van der Waals surface area (Å²) >= 11 is 0. The predicted octanol–water partition coefficient (Wildman–Crippen LogP) is 5.67. The van der Waals surface area contributed by atoms with Crippen molar-refractivity contribution < 1.29 is 45.1 Å². The van der Waals surface area contributed by atoms with Crippen molar-refractivity contribution in [3.05, 3.63) is 103 Å². The second-order valence-corrected chi connectivity index (χ2v) is 11.5. The van der Waals surface area contributed by atoms with Crippen LogP contribution in [0.5, 0.6) is 0 Å². The Morgan fingerprint density at radius 3 is 1.41 bits per heavy atom. The van der Waals surface area contributed by atoms with Crippen molar-refractivity contribution in [1.82, 2.24) is 0 Å². The topological polar surface area (TPSA) is 43.4 Å². The fourth-order valence-electron chi connectivity index (χ4n) is 3.93. The molecule has 39 heavy (non-hydrogen) atoms. The van der Waals surface area contributed by atoms with Crippen LogP contribution >= 0.6 is 6.89 Å². The zero-order valence-corrected chi connectivity index (χ0v) is 21.2. The molecule has 0 aromatic heterocycles. The molecule has 0 saturated carbocycles. The van der Waals surface area contributed by atoms with Crippen LogP contribution in [0.1, 0.15) is 6.92 Å². The van der Waals surface area contributed by atoms with Gasteiger partial charge in [-0.2, -0.15) is 30.7 Å². The molecule has 0 aliphatic carbocycles. The van der Waals surface area contributed by atoms with Crippen LogP contribution in [-0.4, -0.2) is 41.7 Å². The van der Waals surface area contributed by atoms with Crippen LogP contribution < -0.4 is 15.9 Å². The van der Waals surface area contributed by atoms with Gasteiger partial charge in [-0.05, 0) is 41.9 Å². The number of alkyl halides is 7. The molecule has 3 nitrogen and oxygen atoms in total. The highest BCUT2D eigenvalue weighted by Gasteiger charge is 2.75. The third-order valence-electron chi connectivity index (χ3n) is 5.73. The van der Waals surface area contributed by atoms with E-state index in [9.17, 15) is 40.3 Å². The van der Waals surface area contributed by atoms with Gasteiger partial charge in [0.2, 0.25) is 5.78 Å². The first-order chi connectivity index (χ1) is 18.3. The summed E-state index contributed by atoms with van der Waals surface area (Å²) in [6.45, 7) is -2.09. The summed E-state index contributed by atoms with van der Waals surface area (Å²) in [7, 11) is 0. The first kappa shape index (κ1) is 29.9. The SMILES string of the molecule is CCOC(=O)C(/C=C/C(=O)C(F)(F)C(F)(F)C(F)(F)F)=P(c1ccccc1)(c1ccccc1)c1ccccc1. The Labute approximate surface area is 219 Å². The number of allylic oxidation sites excluding steroid dienone is 1. The Kier molecular flexibility index (Phi) is 8.91. The number of benzene rings is 3. The van der Waals surface area contributed by atoms with E-state index in [1.54, 1.807) is 91.0 Å². The van der Waals surface area contributed by atoms with Crippen molar-refractivity contribution in [2.24, 2.45) is 0 Å². The van der Waals surface area contributed by atoms with Gasteiger partial charge in [0.15, 0.2) is 0 Å². The number of hydrogen-bond acceptors (Lipinski definition) is 3. The fraction of sp³-hybridized carbons (Fsp3) is 0.179. The lowest BCUT2D eigenvalue weighted by Crippen LogP contribution is -2.55. The lowest BCUT2D eigenvalue weighted by atomic mass is 10.1. The average molecular weight is 570 g/mol. The summed E-state index contributed by atoms with van der Waals surface area (Å²) in [5.41, 5.74) is 0. The molecule has 0 aliphatic rings. The highest BCUT2D eigenvalue weighted by molar-refractivity contribution is 7.96. The minimum absolute atomic E-state index is 0.116. The maximum atomic E-state index is 14.2. The molecule has 0 bridgehead atoms. The van der Waals surface area contributed by atoms with Crippen molar-refractivity contribution in [1.29, 1.82) is 0 Å². The van der Waals surface area contributed by atoms with Crippen LogP contribution in [0.2, 0.25) is 0 Å². The molecule has 0 N–H and O–H groups in total. The Morgan fingerprint density at radius 1 is 0.692 bits per heavy atom. The van der Waals surface area contributed by atoms with E-state index in [1.165, 1.54) is 6.92 Å². The lowest BCUT2D eigenvalue weighted by molar-refractivity contribution is -0.342. The molecular weight excluding hydrogens is 548 g/mol. The van der Waals surface area contributed by atoms with Crippen molar-refractivity contribution in [3.8, 4) is 0 Å². The van der Waals surface area contributed by atoms with Gasteiger partial charge < -0.3 is 4.74 Å². The predicted molar refractivity (Wildman–Crippen MR) is 137 cm³/mol. The largest absolute Gasteiger partial charge is 0.462 e. The van der Waals surface area contributed by atoms with E-state index in [-0.39, 0.29) is 18.0 Å². The van der Waals surface area contributed by atoms with E-state index in [1.807, 2.05) is 0 Å². The highest BCUT2D eigenvalue weighted by atomic mass is 31.2. The minimum atomic E-state index is -6.69. The molecule has 3 rings (SSSR count). The Hall–Kier alpha value is -3.65. The maximum Gasteiger partial charge on any atom is 0.460 e. The second kappa shape index (κ2) is 11.6. The average Bonchev–Trinajstić information content (AvgIpc) is 2.91. The number of halogens is 7. The Morgan fingerprint density at radius 2 is 1.08 bits per heavy atom. The molecule has 0 unspecified atom stereocenters. The smallest absolute Gasteiger partial charge is 0.460 e. The summed E-state index contributed by atoms with van der Waals surface area (Å²) < 4.78 is 98.7. The number of carbonyl (C=O) groups excluding carboxylic acids is 2. The molecule has 0 heterocycles. The van der Waals surface area contributed by atoms with Crippen LogP contribution in [0, 0.1) is 0 Å². The minimum Gasteiger partial charge on any atom is -0.462 e. The van der Waals surface area contributed by atoms with Gasteiger partial charge in [-0.1, -0.05) is 91.0 Å². The van der Waals surface area contributed by atoms with E-state index >= 15 is 0 Å². The number of ketones is 1. The first-order valence-corrected chi connectivity index (χ1v) is 13.3. The second-order valence-electron chi connectivity index (χ2n) is 8.13. The van der Waals surface area contributed by atoms with Crippen molar-refractivity contribution in [2.45, 2.75) is 24.9 Å². The van der Waals surface area contributed by atoms with Crippen LogP contribution in [0.3, 0.4) is 0 Å². The summed E-state index contributed by atoms with van der Waals surface area (Å²) in [5, 5.41) is 1.17. The number of esters is 1. The molecule has 0 saturated heterocycles. The molecule has 206 valence electrons. The normalized spacial score (nSPS) is 12.8. The molecule has 0 aliphatic heterocycles. The Balaban J connectivity index is 2.47. The molecule has 0 amide bonds. The molecule has 0 atom stereocenters. The van der Waals surface area contributed by atoms with Gasteiger partial charge in [-0.3, -0.25) is 4.79 Å². The molecule has 0 radical (unpaired) electrons. The number of ether oxygens (including phenoxy) is 1. The molecular formula is C28H22F7O3P. The van der Waals surface area contributed by atoms with E-state index in [2.05, 4.69) is 0 Å².